The Morgan fingerprint density at radius 1 is 1.00 bits per heavy atom. The molecule has 0 amide bonds. The molecule has 20 heavy (non-hydrogen) atoms. The van der Waals surface area contributed by atoms with Crippen molar-refractivity contribution in [1.29, 1.82) is 0 Å². The zero-order valence-corrected chi connectivity index (χ0v) is 10.5. The van der Waals surface area contributed by atoms with Crippen LogP contribution in [0.1, 0.15) is 21.5 Å². The summed E-state index contributed by atoms with van der Waals surface area (Å²) in [6, 6.07) is 13.1. The summed E-state index contributed by atoms with van der Waals surface area (Å²) >= 11 is 0. The van der Waals surface area contributed by atoms with Gasteiger partial charge in [-0.15, -0.1) is 0 Å². The minimum absolute atomic E-state index is 0.165. The Kier molecular flexibility index (Phi) is 2.29. The molecule has 2 aliphatic heterocycles. The number of hydrogen-bond donors (Lipinski definition) is 0. The van der Waals surface area contributed by atoms with E-state index in [1.54, 1.807) is 12.1 Å². The van der Waals surface area contributed by atoms with Crippen LogP contribution in [0, 0.1) is 0 Å². The van der Waals surface area contributed by atoms with Crippen LogP contribution in [0.25, 0.3) is 11.8 Å². The maximum atomic E-state index is 11.9. The van der Waals surface area contributed by atoms with Crippen molar-refractivity contribution in [2.24, 2.45) is 0 Å². The monoisotopic (exact) mass is 266 g/mol. The molecule has 0 saturated heterocycles. The Hall–Kier alpha value is -2.75. The number of carbonyl (C=O) groups excluding carboxylic acids is 1. The molecule has 0 bridgehead atoms. The zero-order valence-electron chi connectivity index (χ0n) is 10.5. The van der Waals surface area contributed by atoms with E-state index in [0.717, 1.165) is 5.56 Å². The van der Waals surface area contributed by atoms with E-state index in [1.807, 2.05) is 36.4 Å². The van der Waals surface area contributed by atoms with E-state index < -0.39 is 0 Å². The molecule has 2 aromatic carbocycles. The number of esters is 1. The van der Waals surface area contributed by atoms with E-state index in [9.17, 15) is 4.79 Å². The van der Waals surface area contributed by atoms with Crippen molar-refractivity contribution in [3.63, 3.8) is 0 Å². The van der Waals surface area contributed by atoms with Gasteiger partial charge in [0.25, 0.3) is 0 Å². The van der Waals surface area contributed by atoms with Gasteiger partial charge in [0.1, 0.15) is 5.76 Å². The molecule has 0 spiro atoms. The molecule has 4 nitrogen and oxygen atoms in total. The second-order valence-corrected chi connectivity index (χ2v) is 4.53. The first-order valence-corrected chi connectivity index (χ1v) is 6.25. The van der Waals surface area contributed by atoms with Gasteiger partial charge in [-0.3, -0.25) is 0 Å². The maximum Gasteiger partial charge on any atom is 0.344 e. The highest BCUT2D eigenvalue weighted by molar-refractivity contribution is 6.07. The fourth-order valence-electron chi connectivity index (χ4n) is 2.40. The number of hydrogen-bond acceptors (Lipinski definition) is 4. The van der Waals surface area contributed by atoms with Crippen molar-refractivity contribution >= 4 is 17.8 Å². The molecule has 2 heterocycles. The molecule has 0 fully saturated rings. The zero-order chi connectivity index (χ0) is 13.5. The fourth-order valence-corrected chi connectivity index (χ4v) is 2.40. The predicted molar refractivity (Wildman–Crippen MR) is 72.3 cm³/mol. The average molecular weight is 266 g/mol. The van der Waals surface area contributed by atoms with Gasteiger partial charge in [0.15, 0.2) is 11.5 Å². The Labute approximate surface area is 115 Å². The molecule has 4 rings (SSSR count). The van der Waals surface area contributed by atoms with Gasteiger partial charge in [-0.05, 0) is 23.8 Å². The molecular weight excluding hydrogens is 256 g/mol. The number of carbonyl (C=O) groups is 1. The third kappa shape index (κ3) is 1.58. The van der Waals surface area contributed by atoms with E-state index in [4.69, 9.17) is 14.2 Å². The first-order chi connectivity index (χ1) is 9.83. The highest BCUT2D eigenvalue weighted by atomic mass is 16.7. The molecule has 2 aliphatic rings. The van der Waals surface area contributed by atoms with E-state index in [-0.39, 0.29) is 12.8 Å². The van der Waals surface area contributed by atoms with Gasteiger partial charge in [-0.25, -0.2) is 4.79 Å². The number of fused-ring (bicyclic) bond motifs is 3. The summed E-state index contributed by atoms with van der Waals surface area (Å²) in [5.74, 6) is 1.36. The summed E-state index contributed by atoms with van der Waals surface area (Å²) in [7, 11) is 0. The highest BCUT2D eigenvalue weighted by Crippen LogP contribution is 2.45. The Balaban J connectivity index is 1.89. The third-order valence-electron chi connectivity index (χ3n) is 3.31. The molecule has 4 heteroatoms. The smallest absolute Gasteiger partial charge is 0.344 e. The molecule has 0 N–H and O–H groups in total. The van der Waals surface area contributed by atoms with Gasteiger partial charge >= 0.3 is 5.97 Å². The lowest BCUT2D eigenvalue weighted by Crippen LogP contribution is -1.94. The summed E-state index contributed by atoms with van der Waals surface area (Å²) in [6.07, 6.45) is 1.83. The lowest BCUT2D eigenvalue weighted by Gasteiger charge is -2.03. The van der Waals surface area contributed by atoms with Crippen molar-refractivity contribution in [1.82, 2.24) is 0 Å². The highest BCUT2D eigenvalue weighted by Gasteiger charge is 2.34. The minimum Gasteiger partial charge on any atom is -0.454 e. The lowest BCUT2D eigenvalue weighted by atomic mass is 10.0. The largest absolute Gasteiger partial charge is 0.454 e. The van der Waals surface area contributed by atoms with Gasteiger partial charge in [-0.2, -0.15) is 0 Å². The number of rotatable bonds is 1. The first kappa shape index (κ1) is 11.1. The second-order valence-electron chi connectivity index (χ2n) is 4.53. The van der Waals surface area contributed by atoms with Crippen molar-refractivity contribution in [3.05, 3.63) is 59.2 Å². The van der Waals surface area contributed by atoms with Gasteiger partial charge in [0, 0.05) is 0 Å². The first-order valence-electron chi connectivity index (χ1n) is 6.25. The van der Waals surface area contributed by atoms with Crippen molar-refractivity contribution in [2.75, 3.05) is 6.79 Å². The van der Waals surface area contributed by atoms with Crippen molar-refractivity contribution in [2.45, 2.75) is 0 Å². The van der Waals surface area contributed by atoms with Crippen molar-refractivity contribution < 1.29 is 19.0 Å². The van der Waals surface area contributed by atoms with Crippen LogP contribution in [0.4, 0.5) is 0 Å². The maximum absolute atomic E-state index is 11.9. The Morgan fingerprint density at radius 2 is 1.85 bits per heavy atom. The van der Waals surface area contributed by atoms with Crippen LogP contribution in [0.3, 0.4) is 0 Å². The van der Waals surface area contributed by atoms with Gasteiger partial charge in [-0.1, -0.05) is 30.3 Å². The summed E-state index contributed by atoms with van der Waals surface area (Å²) in [6.45, 7) is 0.165. The van der Waals surface area contributed by atoms with Gasteiger partial charge < -0.3 is 14.2 Å². The summed E-state index contributed by atoms with van der Waals surface area (Å²) in [5, 5.41) is 0. The van der Waals surface area contributed by atoms with E-state index >= 15 is 0 Å². The van der Waals surface area contributed by atoms with Crippen molar-refractivity contribution in [3.8, 4) is 11.5 Å². The fraction of sp³-hybridized carbons (Fsp3) is 0.0625. The predicted octanol–water partition coefficient (Wildman–Crippen LogP) is 3.08. The van der Waals surface area contributed by atoms with E-state index in [1.165, 1.54) is 0 Å². The number of cyclic esters (lactones) is 1. The molecule has 2 aromatic rings. The minimum atomic E-state index is -0.361. The Morgan fingerprint density at radius 3 is 2.70 bits per heavy atom. The van der Waals surface area contributed by atoms with Crippen LogP contribution in [-0.4, -0.2) is 12.8 Å². The van der Waals surface area contributed by atoms with Gasteiger partial charge in [0.05, 0.1) is 11.1 Å². The van der Waals surface area contributed by atoms with Crippen LogP contribution in [-0.2, 0) is 4.74 Å². The van der Waals surface area contributed by atoms with E-state index in [2.05, 4.69) is 0 Å². The summed E-state index contributed by atoms with van der Waals surface area (Å²) < 4.78 is 16.2. The SMILES string of the molecule is O=C1O/C(=C\c2ccccc2)c2c1ccc1c2OCO1. The van der Waals surface area contributed by atoms with E-state index in [0.29, 0.717) is 28.4 Å². The molecule has 0 unspecified atom stereocenters. The second kappa shape index (κ2) is 4.13. The quantitative estimate of drug-likeness (QED) is 0.744. The number of benzene rings is 2. The summed E-state index contributed by atoms with van der Waals surface area (Å²) in [5.41, 5.74) is 2.14. The average Bonchev–Trinajstić information content (AvgIpc) is 3.05. The molecule has 0 saturated carbocycles. The molecule has 0 atom stereocenters. The normalized spacial score (nSPS) is 17.2. The third-order valence-corrected chi connectivity index (χ3v) is 3.31. The van der Waals surface area contributed by atoms with Crippen LogP contribution < -0.4 is 9.47 Å². The molecule has 98 valence electrons. The molecule has 0 aromatic heterocycles. The van der Waals surface area contributed by atoms with Crippen LogP contribution >= 0.6 is 0 Å². The molecule has 0 aliphatic carbocycles. The molecular formula is C16H10O4. The van der Waals surface area contributed by atoms with Gasteiger partial charge in [0.2, 0.25) is 6.79 Å². The standard InChI is InChI=1S/C16H10O4/c17-16-11-6-7-12-15(19-9-18-12)14(11)13(20-16)8-10-4-2-1-3-5-10/h1-8H,9H2/b13-8-. The lowest BCUT2D eigenvalue weighted by molar-refractivity contribution is 0.0717. The topological polar surface area (TPSA) is 44.8 Å². The summed E-state index contributed by atoms with van der Waals surface area (Å²) in [4.78, 5) is 11.9. The molecule has 0 radical (unpaired) electrons. The van der Waals surface area contributed by atoms with Crippen LogP contribution in [0.15, 0.2) is 42.5 Å². The van der Waals surface area contributed by atoms with Crippen LogP contribution in [0.2, 0.25) is 0 Å². The number of ether oxygens (including phenoxy) is 3. The Bertz CT molecular complexity index is 732. The van der Waals surface area contributed by atoms with Crippen LogP contribution in [0.5, 0.6) is 11.5 Å².